The van der Waals surface area contributed by atoms with Crippen molar-refractivity contribution in [1.82, 2.24) is 20.2 Å². The minimum Gasteiger partial charge on any atom is -0.395 e. The molecule has 194 valence electrons. The summed E-state index contributed by atoms with van der Waals surface area (Å²) in [6, 6.07) is 6.12. The highest BCUT2D eigenvalue weighted by Gasteiger charge is 2.22. The summed E-state index contributed by atoms with van der Waals surface area (Å²) in [6.45, 7) is 1.90. The largest absolute Gasteiger partial charge is 0.395 e. The van der Waals surface area contributed by atoms with Crippen LogP contribution in [0.4, 0.5) is 0 Å². The van der Waals surface area contributed by atoms with Crippen LogP contribution in [-0.2, 0) is 41.9 Å². The third-order valence-corrected chi connectivity index (χ3v) is 8.33. The number of aryl methyl sites for hydroxylation is 2. The number of aromatic nitrogens is 2. The number of fused-ring (bicyclic) bond motifs is 4. The molecular formula is C27H31N5O4S. The van der Waals surface area contributed by atoms with Crippen molar-refractivity contribution in [1.29, 1.82) is 0 Å². The monoisotopic (exact) mass is 521 g/mol. The lowest BCUT2D eigenvalue weighted by molar-refractivity contribution is -0.105. The molecule has 0 unspecified atom stereocenters. The average Bonchev–Trinajstić information content (AvgIpc) is 3.11. The van der Waals surface area contributed by atoms with Gasteiger partial charge in [-0.05, 0) is 54.4 Å². The Bertz CT molecular complexity index is 1440. The molecule has 1 aliphatic carbocycles. The smallest absolute Gasteiger partial charge is 0.287 e. The zero-order valence-corrected chi connectivity index (χ0v) is 21.7. The maximum atomic E-state index is 12.9. The summed E-state index contributed by atoms with van der Waals surface area (Å²) in [4.78, 5) is 48.2. The lowest BCUT2D eigenvalue weighted by Gasteiger charge is -2.33. The van der Waals surface area contributed by atoms with Crippen LogP contribution in [0.5, 0.6) is 0 Å². The molecule has 0 bridgehead atoms. The summed E-state index contributed by atoms with van der Waals surface area (Å²) >= 11 is 1.54. The van der Waals surface area contributed by atoms with E-state index in [0.29, 0.717) is 35.3 Å². The molecule has 0 atom stereocenters. The first-order chi connectivity index (χ1) is 18.0. The van der Waals surface area contributed by atoms with Gasteiger partial charge in [0.05, 0.1) is 23.4 Å². The standard InChI is InChI=1S/C27H31N5O4S/c1-36-15-21(20(28)14-33)32-10-9-17-8-7-16(11-18(17)13-32)12-29-26(35)24-30-25(34)23-19-5-3-2-4-6-22(19)37-27(23)31-24/h7-8,11,14H,2-6,9-10,12-13,15,28H2,1H3,(H,29,35)(H,30,31,34)/b21-20-. The van der Waals surface area contributed by atoms with Gasteiger partial charge in [-0.3, -0.25) is 14.4 Å². The topological polar surface area (TPSA) is 130 Å². The summed E-state index contributed by atoms with van der Waals surface area (Å²) in [5.74, 6) is -0.372. The number of nitrogens with one attached hydrogen (secondary N) is 2. The van der Waals surface area contributed by atoms with E-state index in [1.165, 1.54) is 28.2 Å². The Hall–Kier alpha value is -3.50. The molecule has 1 aromatic carbocycles. The number of nitrogens with two attached hydrogens (primary N) is 1. The van der Waals surface area contributed by atoms with Crippen molar-refractivity contribution in [3.8, 4) is 0 Å². The first-order valence-corrected chi connectivity index (χ1v) is 13.4. The molecule has 9 nitrogen and oxygen atoms in total. The minimum absolute atomic E-state index is 0.0386. The van der Waals surface area contributed by atoms with E-state index in [9.17, 15) is 14.4 Å². The van der Waals surface area contributed by atoms with Crippen LogP contribution in [0.1, 0.15) is 57.0 Å². The lowest BCUT2D eigenvalue weighted by Crippen LogP contribution is -2.34. The second-order valence-electron chi connectivity index (χ2n) is 9.57. The van der Waals surface area contributed by atoms with Crippen LogP contribution in [0.15, 0.2) is 34.4 Å². The Balaban J connectivity index is 1.31. The molecule has 3 heterocycles. The van der Waals surface area contributed by atoms with Gasteiger partial charge in [-0.1, -0.05) is 24.6 Å². The number of H-pyrrole nitrogens is 1. The third kappa shape index (κ3) is 5.17. The SMILES string of the molecule is COC/C(=C(/N)C=O)N1CCc2ccc(CNC(=O)c3nc4sc5c(c4c(=O)[nH]3)CCCCC5)cc2C1. The van der Waals surface area contributed by atoms with Gasteiger partial charge in [0.25, 0.3) is 11.5 Å². The van der Waals surface area contributed by atoms with E-state index in [-0.39, 0.29) is 23.7 Å². The van der Waals surface area contributed by atoms with Gasteiger partial charge in [0.15, 0.2) is 6.29 Å². The van der Waals surface area contributed by atoms with Crippen LogP contribution in [-0.4, -0.2) is 47.3 Å². The van der Waals surface area contributed by atoms with Crippen molar-refractivity contribution in [3.05, 3.63) is 72.9 Å². The van der Waals surface area contributed by atoms with Crippen LogP contribution in [0, 0.1) is 0 Å². The normalized spacial score (nSPS) is 16.0. The quantitative estimate of drug-likeness (QED) is 0.247. The number of ether oxygens (including phenoxy) is 1. The van der Waals surface area contributed by atoms with Crippen molar-refractivity contribution in [3.63, 3.8) is 0 Å². The Morgan fingerprint density at radius 2 is 2.08 bits per heavy atom. The summed E-state index contributed by atoms with van der Waals surface area (Å²) in [6.07, 6.45) is 6.71. The summed E-state index contributed by atoms with van der Waals surface area (Å²) in [5, 5.41) is 3.54. The van der Waals surface area contributed by atoms with E-state index in [1.54, 1.807) is 7.11 Å². The van der Waals surface area contributed by atoms with Gasteiger partial charge in [-0.15, -0.1) is 11.3 Å². The molecule has 0 radical (unpaired) electrons. The molecule has 0 spiro atoms. The fourth-order valence-electron chi connectivity index (χ4n) is 5.23. The van der Waals surface area contributed by atoms with Gasteiger partial charge in [-0.25, -0.2) is 4.98 Å². The zero-order valence-electron chi connectivity index (χ0n) is 20.9. The zero-order chi connectivity index (χ0) is 25.9. The van der Waals surface area contributed by atoms with Crippen LogP contribution in [0.3, 0.4) is 0 Å². The molecule has 10 heteroatoms. The first kappa shape index (κ1) is 25.2. The second kappa shape index (κ2) is 10.9. The van der Waals surface area contributed by atoms with Crippen molar-refractivity contribution in [2.75, 3.05) is 20.3 Å². The van der Waals surface area contributed by atoms with Gasteiger partial charge in [0.2, 0.25) is 5.82 Å². The molecule has 0 fully saturated rings. The number of carbonyl (C=O) groups is 2. The number of aromatic amines is 1. The van der Waals surface area contributed by atoms with Crippen molar-refractivity contribution < 1.29 is 14.3 Å². The Kier molecular flexibility index (Phi) is 7.38. The summed E-state index contributed by atoms with van der Waals surface area (Å²) < 4.78 is 5.25. The molecule has 4 N–H and O–H groups in total. The molecule has 1 aliphatic heterocycles. The molecule has 0 saturated carbocycles. The highest BCUT2D eigenvalue weighted by atomic mass is 32.1. The second-order valence-corrected chi connectivity index (χ2v) is 10.7. The number of allylic oxidation sites excluding steroid dienone is 1. The molecule has 2 aromatic heterocycles. The number of hydrogen-bond donors (Lipinski definition) is 3. The Labute approximate surface area is 218 Å². The number of thiophene rings is 1. The van der Waals surface area contributed by atoms with E-state index in [2.05, 4.69) is 32.3 Å². The Morgan fingerprint density at radius 1 is 1.24 bits per heavy atom. The summed E-state index contributed by atoms with van der Waals surface area (Å²) in [5.41, 5.74) is 10.9. The predicted molar refractivity (Wildman–Crippen MR) is 142 cm³/mol. The molecular weight excluding hydrogens is 490 g/mol. The van der Waals surface area contributed by atoms with Gasteiger partial charge in [0, 0.05) is 31.6 Å². The van der Waals surface area contributed by atoms with Crippen molar-refractivity contribution in [2.24, 2.45) is 5.73 Å². The predicted octanol–water partition coefficient (Wildman–Crippen LogP) is 2.56. The van der Waals surface area contributed by atoms with Crippen LogP contribution in [0.25, 0.3) is 10.2 Å². The fourth-order valence-corrected chi connectivity index (χ4v) is 6.49. The van der Waals surface area contributed by atoms with E-state index in [0.717, 1.165) is 55.3 Å². The van der Waals surface area contributed by atoms with E-state index in [4.69, 9.17) is 10.5 Å². The first-order valence-electron chi connectivity index (χ1n) is 12.6. The van der Waals surface area contributed by atoms with Gasteiger partial charge in [0.1, 0.15) is 4.83 Å². The van der Waals surface area contributed by atoms with Crippen LogP contribution in [0.2, 0.25) is 0 Å². The maximum Gasteiger partial charge on any atom is 0.287 e. The van der Waals surface area contributed by atoms with Crippen LogP contribution >= 0.6 is 11.3 Å². The van der Waals surface area contributed by atoms with E-state index >= 15 is 0 Å². The van der Waals surface area contributed by atoms with Crippen LogP contribution < -0.4 is 16.6 Å². The molecule has 0 saturated heterocycles. The lowest BCUT2D eigenvalue weighted by atomic mass is 9.96. The third-order valence-electron chi connectivity index (χ3n) is 7.15. The van der Waals surface area contributed by atoms with Crippen molar-refractivity contribution >= 4 is 33.7 Å². The maximum absolute atomic E-state index is 12.9. The summed E-state index contributed by atoms with van der Waals surface area (Å²) in [7, 11) is 1.57. The van der Waals surface area contributed by atoms with E-state index in [1.807, 2.05) is 6.07 Å². The molecule has 37 heavy (non-hydrogen) atoms. The number of carbonyl (C=O) groups excluding carboxylic acids is 2. The Morgan fingerprint density at radius 3 is 2.89 bits per heavy atom. The van der Waals surface area contributed by atoms with Gasteiger partial charge >= 0.3 is 0 Å². The number of amides is 1. The molecule has 2 aliphatic rings. The highest BCUT2D eigenvalue weighted by Crippen LogP contribution is 2.32. The van der Waals surface area contributed by atoms with Crippen molar-refractivity contribution in [2.45, 2.75) is 51.6 Å². The van der Waals surface area contributed by atoms with E-state index < -0.39 is 5.91 Å². The number of benzene rings is 1. The highest BCUT2D eigenvalue weighted by molar-refractivity contribution is 7.18. The average molecular weight is 522 g/mol. The number of hydrogen-bond acceptors (Lipinski definition) is 8. The molecule has 5 rings (SSSR count). The number of nitrogens with zero attached hydrogens (tertiary/aromatic N) is 2. The minimum atomic E-state index is -0.411. The molecule has 3 aromatic rings. The molecule has 1 amide bonds. The number of aldehydes is 1. The number of rotatable bonds is 7. The van der Waals surface area contributed by atoms with Gasteiger partial charge in [-0.2, -0.15) is 0 Å². The fraction of sp³-hybridized carbons (Fsp3) is 0.407. The van der Waals surface area contributed by atoms with Gasteiger partial charge < -0.3 is 25.7 Å². The number of methoxy groups -OCH3 is 1.